The number of hydrogen-bond donors (Lipinski definition) is 0. The van der Waals surface area contributed by atoms with Crippen molar-refractivity contribution < 1.29 is 9.78 Å². The first-order chi connectivity index (χ1) is 8.89. The second-order valence-corrected chi connectivity index (χ2v) is 6.11. The highest BCUT2D eigenvalue weighted by Crippen LogP contribution is 2.28. The third-order valence-corrected chi connectivity index (χ3v) is 3.84. The molecule has 2 heteroatoms. The lowest BCUT2D eigenvalue weighted by atomic mass is 9.88. The van der Waals surface area contributed by atoms with E-state index in [1.54, 1.807) is 0 Å². The minimum atomic E-state index is -0.231. The van der Waals surface area contributed by atoms with Crippen molar-refractivity contribution in [1.29, 1.82) is 0 Å². The summed E-state index contributed by atoms with van der Waals surface area (Å²) < 4.78 is 0. The van der Waals surface area contributed by atoms with Gasteiger partial charge in [0.05, 0.1) is 0 Å². The van der Waals surface area contributed by atoms with E-state index in [1.807, 2.05) is 12.1 Å². The Bertz CT molecular complexity index is 367. The first kappa shape index (κ1) is 16.0. The van der Waals surface area contributed by atoms with Gasteiger partial charge in [0, 0.05) is 0 Å². The van der Waals surface area contributed by atoms with Gasteiger partial charge in [0.15, 0.2) is 5.75 Å². The molecule has 0 aliphatic rings. The van der Waals surface area contributed by atoms with Crippen LogP contribution in [0.25, 0.3) is 0 Å². The normalized spacial score (nSPS) is 14.7. The molecule has 1 atom stereocenters. The molecule has 0 fully saturated rings. The second kappa shape index (κ2) is 6.95. The molecule has 108 valence electrons. The van der Waals surface area contributed by atoms with Crippen LogP contribution in [0, 0.1) is 5.92 Å². The van der Waals surface area contributed by atoms with Crippen LogP contribution < -0.4 is 4.89 Å². The average molecular weight is 264 g/mol. The Hall–Kier alpha value is -1.02. The van der Waals surface area contributed by atoms with E-state index < -0.39 is 0 Å². The molecular weight excluding hydrogens is 236 g/mol. The Morgan fingerprint density at radius 2 is 1.63 bits per heavy atom. The third-order valence-electron chi connectivity index (χ3n) is 3.84. The van der Waals surface area contributed by atoms with Gasteiger partial charge in [0.2, 0.25) is 0 Å². The highest BCUT2D eigenvalue weighted by Gasteiger charge is 2.30. The summed E-state index contributed by atoms with van der Waals surface area (Å²) in [5.74, 6) is 1.73. The summed E-state index contributed by atoms with van der Waals surface area (Å²) in [7, 11) is 0. The van der Waals surface area contributed by atoms with Crippen LogP contribution >= 0.6 is 0 Å². The van der Waals surface area contributed by atoms with Gasteiger partial charge in [-0.15, -0.1) is 0 Å². The predicted octanol–water partition coefficient (Wildman–Crippen LogP) is 5.34. The Morgan fingerprint density at radius 1 is 1.05 bits per heavy atom. The standard InChI is InChI=1S/C17H28O2/c1-7-12-17(6,14(4)5)19-18-16-10-8-15(9-11-16)13(2)3/h8-11,13-14H,7,12H2,1-6H3. The van der Waals surface area contributed by atoms with Crippen molar-refractivity contribution in [2.24, 2.45) is 5.92 Å². The highest BCUT2D eigenvalue weighted by atomic mass is 17.2. The summed E-state index contributed by atoms with van der Waals surface area (Å²) in [5.41, 5.74) is 1.08. The highest BCUT2D eigenvalue weighted by molar-refractivity contribution is 5.28. The maximum atomic E-state index is 5.72. The van der Waals surface area contributed by atoms with E-state index in [2.05, 4.69) is 53.7 Å². The first-order valence-electron chi connectivity index (χ1n) is 7.34. The maximum absolute atomic E-state index is 5.72. The molecular formula is C17H28O2. The van der Waals surface area contributed by atoms with E-state index in [0.29, 0.717) is 11.8 Å². The molecule has 1 aromatic carbocycles. The molecule has 1 aromatic rings. The molecule has 0 saturated carbocycles. The lowest BCUT2D eigenvalue weighted by Gasteiger charge is -2.31. The minimum Gasteiger partial charge on any atom is -0.337 e. The Balaban J connectivity index is 2.64. The Labute approximate surface area is 118 Å². The van der Waals surface area contributed by atoms with Crippen LogP contribution in [0.15, 0.2) is 24.3 Å². The molecule has 0 aliphatic carbocycles. The molecule has 0 radical (unpaired) electrons. The fraction of sp³-hybridized carbons (Fsp3) is 0.647. The van der Waals surface area contributed by atoms with Crippen molar-refractivity contribution in [1.82, 2.24) is 0 Å². The SMILES string of the molecule is CCCC(C)(OOc1ccc(C(C)C)cc1)C(C)C. The van der Waals surface area contributed by atoms with Crippen LogP contribution in [0.4, 0.5) is 0 Å². The van der Waals surface area contributed by atoms with Gasteiger partial charge in [-0.3, -0.25) is 0 Å². The molecule has 2 nitrogen and oxygen atoms in total. The van der Waals surface area contributed by atoms with E-state index in [9.17, 15) is 0 Å². The largest absolute Gasteiger partial charge is 0.337 e. The van der Waals surface area contributed by atoms with Crippen molar-refractivity contribution in [3.63, 3.8) is 0 Å². The molecule has 1 unspecified atom stereocenters. The van der Waals surface area contributed by atoms with E-state index in [0.717, 1.165) is 18.6 Å². The van der Waals surface area contributed by atoms with Crippen LogP contribution in [0.5, 0.6) is 5.75 Å². The zero-order chi connectivity index (χ0) is 14.5. The lowest BCUT2D eigenvalue weighted by Crippen LogP contribution is -2.36. The predicted molar refractivity (Wildman–Crippen MR) is 80.4 cm³/mol. The van der Waals surface area contributed by atoms with Gasteiger partial charge in [-0.25, -0.2) is 0 Å². The van der Waals surface area contributed by atoms with Crippen LogP contribution in [0.3, 0.4) is 0 Å². The molecule has 0 aromatic heterocycles. The molecule has 0 aliphatic heterocycles. The summed E-state index contributed by atoms with van der Waals surface area (Å²) >= 11 is 0. The average Bonchev–Trinajstić information content (AvgIpc) is 2.37. The van der Waals surface area contributed by atoms with Crippen LogP contribution in [0.2, 0.25) is 0 Å². The van der Waals surface area contributed by atoms with E-state index in [1.165, 1.54) is 5.56 Å². The first-order valence-corrected chi connectivity index (χ1v) is 7.34. The summed E-state index contributed by atoms with van der Waals surface area (Å²) in [5, 5.41) is 0. The smallest absolute Gasteiger partial charge is 0.165 e. The van der Waals surface area contributed by atoms with Gasteiger partial charge in [-0.1, -0.05) is 53.2 Å². The van der Waals surface area contributed by atoms with Gasteiger partial charge in [-0.05, 0) is 42.9 Å². The molecule has 0 amide bonds. The van der Waals surface area contributed by atoms with Gasteiger partial charge in [0.1, 0.15) is 5.60 Å². The Kier molecular flexibility index (Phi) is 5.86. The molecule has 0 spiro atoms. The summed E-state index contributed by atoms with van der Waals surface area (Å²) in [6.07, 6.45) is 2.08. The van der Waals surface area contributed by atoms with Gasteiger partial charge in [-0.2, -0.15) is 4.89 Å². The fourth-order valence-electron chi connectivity index (χ4n) is 1.97. The molecule has 0 heterocycles. The molecule has 0 bridgehead atoms. The van der Waals surface area contributed by atoms with Crippen molar-refractivity contribution in [2.45, 2.75) is 65.9 Å². The zero-order valence-electron chi connectivity index (χ0n) is 13.2. The number of hydrogen-bond acceptors (Lipinski definition) is 2. The number of benzene rings is 1. The maximum Gasteiger partial charge on any atom is 0.165 e. The van der Waals surface area contributed by atoms with Crippen LogP contribution in [0.1, 0.15) is 65.9 Å². The van der Waals surface area contributed by atoms with Gasteiger partial charge in [0.25, 0.3) is 0 Å². The number of rotatable bonds is 7. The molecule has 0 N–H and O–H groups in total. The van der Waals surface area contributed by atoms with Crippen molar-refractivity contribution in [3.8, 4) is 5.75 Å². The summed E-state index contributed by atoms with van der Waals surface area (Å²) in [4.78, 5) is 11.2. The lowest BCUT2D eigenvalue weighted by molar-refractivity contribution is -0.301. The molecule has 19 heavy (non-hydrogen) atoms. The van der Waals surface area contributed by atoms with Crippen molar-refractivity contribution in [2.75, 3.05) is 0 Å². The molecule has 1 rings (SSSR count). The fourth-order valence-corrected chi connectivity index (χ4v) is 1.97. The van der Waals surface area contributed by atoms with E-state index in [4.69, 9.17) is 9.78 Å². The van der Waals surface area contributed by atoms with Gasteiger partial charge >= 0.3 is 0 Å². The minimum absolute atomic E-state index is 0.231. The van der Waals surface area contributed by atoms with Crippen molar-refractivity contribution in [3.05, 3.63) is 29.8 Å². The second-order valence-electron chi connectivity index (χ2n) is 6.11. The van der Waals surface area contributed by atoms with Crippen molar-refractivity contribution >= 4 is 0 Å². The van der Waals surface area contributed by atoms with E-state index >= 15 is 0 Å². The summed E-state index contributed by atoms with van der Waals surface area (Å²) in [6, 6.07) is 8.13. The molecule has 0 saturated heterocycles. The topological polar surface area (TPSA) is 18.5 Å². The summed E-state index contributed by atoms with van der Waals surface area (Å²) in [6.45, 7) is 13.0. The van der Waals surface area contributed by atoms with E-state index in [-0.39, 0.29) is 5.60 Å². The Morgan fingerprint density at radius 3 is 2.05 bits per heavy atom. The third kappa shape index (κ3) is 4.54. The zero-order valence-corrected chi connectivity index (χ0v) is 13.2. The van der Waals surface area contributed by atoms with Crippen LogP contribution in [-0.2, 0) is 4.89 Å². The van der Waals surface area contributed by atoms with Gasteiger partial charge < -0.3 is 4.89 Å². The monoisotopic (exact) mass is 264 g/mol. The van der Waals surface area contributed by atoms with Crippen LogP contribution in [-0.4, -0.2) is 5.60 Å². The quantitative estimate of drug-likeness (QED) is 0.489.